The zero-order valence-electron chi connectivity index (χ0n) is 17.9. The van der Waals surface area contributed by atoms with E-state index in [1.807, 2.05) is 4.90 Å². The average molecular weight is 518 g/mol. The Morgan fingerprint density at radius 2 is 1.74 bits per heavy atom. The molecule has 184 valence electrons. The molecule has 1 aromatic carbocycles. The van der Waals surface area contributed by atoms with Crippen LogP contribution in [0.2, 0.25) is 0 Å². The van der Waals surface area contributed by atoms with E-state index >= 15 is 0 Å². The molecule has 0 amide bonds. The maximum absolute atomic E-state index is 13.0. The van der Waals surface area contributed by atoms with Crippen LogP contribution in [0.4, 0.5) is 24.7 Å². The molecular formula is C20H22F3N5O4S2. The maximum atomic E-state index is 13.0. The molecule has 1 unspecified atom stereocenters. The van der Waals surface area contributed by atoms with Gasteiger partial charge in [0.1, 0.15) is 23.3 Å². The number of benzene rings is 1. The van der Waals surface area contributed by atoms with Crippen molar-refractivity contribution in [3.8, 4) is 11.8 Å². The van der Waals surface area contributed by atoms with E-state index in [0.717, 1.165) is 0 Å². The van der Waals surface area contributed by atoms with Gasteiger partial charge in [0.25, 0.3) is 0 Å². The number of nitrogens with one attached hydrogen (secondary N) is 1. The smallest absolute Gasteiger partial charge is 0.384 e. The Labute approximate surface area is 195 Å². The molecule has 1 aliphatic heterocycles. The summed E-state index contributed by atoms with van der Waals surface area (Å²) >= 11 is 0. The lowest BCUT2D eigenvalue weighted by Gasteiger charge is -2.39. The minimum absolute atomic E-state index is 0.000672. The summed E-state index contributed by atoms with van der Waals surface area (Å²) in [5.41, 5.74) is 6.08. The molecule has 3 N–H and O–H groups in total. The molecule has 9 nitrogen and oxygen atoms in total. The SMILES string of the molecule is CC#CC1CN(S(=O)(=O)c2ccc(N)nc2)CCN1c1ccc(S(=O)(=O)NCC(F)(F)F)cc1. The molecule has 0 bridgehead atoms. The standard InChI is InChI=1S/C20H22F3N5O4S2/c1-2-3-16-13-27(34(31,32)18-8-9-19(24)25-12-18)10-11-28(16)15-4-6-17(7-5-15)33(29,30)26-14-20(21,22)23/h4-9,12,16,26H,10-11,13-14H2,1H3,(H2,24,25). The van der Waals surface area contributed by atoms with Crippen LogP contribution in [0.1, 0.15) is 6.92 Å². The molecule has 0 radical (unpaired) electrons. The van der Waals surface area contributed by atoms with E-state index in [-0.39, 0.29) is 35.2 Å². The highest BCUT2D eigenvalue weighted by Crippen LogP contribution is 2.26. The molecule has 34 heavy (non-hydrogen) atoms. The fourth-order valence-electron chi connectivity index (χ4n) is 3.35. The normalized spacial score (nSPS) is 17.8. The number of nitrogen functional groups attached to an aromatic ring is 1. The molecule has 2 heterocycles. The van der Waals surface area contributed by atoms with Gasteiger partial charge in [0.05, 0.1) is 4.90 Å². The molecule has 1 aliphatic rings. The predicted octanol–water partition coefficient (Wildman–Crippen LogP) is 1.41. The number of nitrogens with two attached hydrogens (primary N) is 1. The monoisotopic (exact) mass is 517 g/mol. The molecule has 0 saturated carbocycles. The zero-order valence-corrected chi connectivity index (χ0v) is 19.6. The summed E-state index contributed by atoms with van der Waals surface area (Å²) in [6.07, 6.45) is -3.50. The molecule has 0 aliphatic carbocycles. The van der Waals surface area contributed by atoms with Crippen molar-refractivity contribution in [3.05, 3.63) is 42.6 Å². The largest absolute Gasteiger partial charge is 0.402 e. The summed E-state index contributed by atoms with van der Waals surface area (Å²) in [5.74, 6) is 5.92. The topological polar surface area (TPSA) is 126 Å². The van der Waals surface area contributed by atoms with Gasteiger partial charge in [0.15, 0.2) is 0 Å². The van der Waals surface area contributed by atoms with Crippen molar-refractivity contribution in [1.82, 2.24) is 14.0 Å². The van der Waals surface area contributed by atoms with Gasteiger partial charge in [-0.15, -0.1) is 5.92 Å². The van der Waals surface area contributed by atoms with Crippen LogP contribution >= 0.6 is 0 Å². The highest BCUT2D eigenvalue weighted by Gasteiger charge is 2.34. The van der Waals surface area contributed by atoms with E-state index in [1.54, 1.807) is 6.92 Å². The Kier molecular flexibility index (Phi) is 7.41. The number of rotatable bonds is 6. The lowest BCUT2D eigenvalue weighted by atomic mass is 10.1. The molecule has 0 spiro atoms. The maximum Gasteiger partial charge on any atom is 0.402 e. The summed E-state index contributed by atoms with van der Waals surface area (Å²) in [5, 5.41) is 0. The summed E-state index contributed by atoms with van der Waals surface area (Å²) in [7, 11) is -8.18. The van der Waals surface area contributed by atoms with Crippen molar-refractivity contribution in [2.24, 2.45) is 0 Å². The Balaban J connectivity index is 1.79. The van der Waals surface area contributed by atoms with Crippen LogP contribution < -0.4 is 15.4 Å². The van der Waals surface area contributed by atoms with Gasteiger partial charge in [-0.3, -0.25) is 0 Å². The van der Waals surface area contributed by atoms with Crippen LogP contribution in [-0.2, 0) is 20.0 Å². The Hall–Kier alpha value is -2.86. The van der Waals surface area contributed by atoms with Crippen LogP contribution in [0.15, 0.2) is 52.4 Å². The number of halogens is 3. The predicted molar refractivity (Wildman–Crippen MR) is 120 cm³/mol. The number of hydrogen-bond donors (Lipinski definition) is 2. The van der Waals surface area contributed by atoms with Gasteiger partial charge < -0.3 is 10.6 Å². The van der Waals surface area contributed by atoms with Gasteiger partial charge in [-0.2, -0.15) is 17.5 Å². The van der Waals surface area contributed by atoms with Crippen molar-refractivity contribution in [2.45, 2.75) is 28.9 Å². The number of nitrogens with zero attached hydrogens (tertiary/aromatic N) is 3. The number of aromatic nitrogens is 1. The molecule has 1 saturated heterocycles. The second-order valence-electron chi connectivity index (χ2n) is 7.32. The third-order valence-corrected chi connectivity index (χ3v) is 8.26. The van der Waals surface area contributed by atoms with Gasteiger partial charge in [0, 0.05) is 31.5 Å². The van der Waals surface area contributed by atoms with E-state index in [4.69, 9.17) is 5.73 Å². The minimum Gasteiger partial charge on any atom is -0.384 e. The average Bonchev–Trinajstić information content (AvgIpc) is 2.78. The summed E-state index contributed by atoms with van der Waals surface area (Å²) in [6.45, 7) is 0.352. The second-order valence-corrected chi connectivity index (χ2v) is 11.0. The van der Waals surface area contributed by atoms with Gasteiger partial charge in [0.2, 0.25) is 20.0 Å². The third-order valence-electron chi connectivity index (χ3n) is 4.99. The van der Waals surface area contributed by atoms with Crippen molar-refractivity contribution >= 4 is 31.6 Å². The van der Waals surface area contributed by atoms with Gasteiger partial charge in [-0.1, -0.05) is 5.92 Å². The second kappa shape index (κ2) is 9.79. The molecule has 3 rings (SSSR count). The fourth-order valence-corrected chi connectivity index (χ4v) is 5.74. The number of alkyl halides is 3. The lowest BCUT2D eigenvalue weighted by Crippen LogP contribution is -2.54. The summed E-state index contributed by atoms with van der Waals surface area (Å²) in [6, 6.07) is 7.49. The summed E-state index contributed by atoms with van der Waals surface area (Å²) in [4.78, 5) is 5.31. The first kappa shape index (κ1) is 25.8. The highest BCUT2D eigenvalue weighted by atomic mass is 32.2. The van der Waals surface area contributed by atoms with Crippen LogP contribution in [0.25, 0.3) is 0 Å². The molecule has 1 fully saturated rings. The quantitative estimate of drug-likeness (QED) is 0.555. The molecular weight excluding hydrogens is 495 g/mol. The van der Waals surface area contributed by atoms with E-state index in [9.17, 15) is 30.0 Å². The molecule has 2 aromatic rings. The van der Waals surface area contributed by atoms with Crippen LogP contribution in [0, 0.1) is 11.8 Å². The third kappa shape index (κ3) is 5.98. The number of pyridine rings is 1. The van der Waals surface area contributed by atoms with Crippen molar-refractivity contribution in [2.75, 3.05) is 36.8 Å². The number of hydrogen-bond acceptors (Lipinski definition) is 7. The highest BCUT2D eigenvalue weighted by molar-refractivity contribution is 7.89. The molecule has 1 atom stereocenters. The van der Waals surface area contributed by atoms with Crippen molar-refractivity contribution in [3.63, 3.8) is 0 Å². The van der Waals surface area contributed by atoms with E-state index < -0.39 is 38.8 Å². The zero-order chi connectivity index (χ0) is 25.1. The number of piperazine rings is 1. The number of sulfonamides is 2. The molecule has 14 heteroatoms. The van der Waals surface area contributed by atoms with Crippen molar-refractivity contribution in [1.29, 1.82) is 0 Å². The van der Waals surface area contributed by atoms with E-state index in [0.29, 0.717) is 5.69 Å². The lowest BCUT2D eigenvalue weighted by molar-refractivity contribution is -0.121. The Morgan fingerprint density at radius 3 is 2.29 bits per heavy atom. The minimum atomic E-state index is -4.68. The van der Waals surface area contributed by atoms with E-state index in [2.05, 4.69) is 16.8 Å². The Bertz CT molecular complexity index is 1290. The van der Waals surface area contributed by atoms with E-state index in [1.165, 1.54) is 51.6 Å². The van der Waals surface area contributed by atoms with Crippen LogP contribution in [-0.4, -0.2) is 64.5 Å². The first-order chi connectivity index (χ1) is 15.8. The van der Waals surface area contributed by atoms with Crippen LogP contribution in [0.3, 0.4) is 0 Å². The van der Waals surface area contributed by atoms with Gasteiger partial charge in [-0.25, -0.2) is 26.5 Å². The summed E-state index contributed by atoms with van der Waals surface area (Å²) < 4.78 is 90.1. The fraction of sp³-hybridized carbons (Fsp3) is 0.350. The van der Waals surface area contributed by atoms with Gasteiger partial charge in [-0.05, 0) is 43.3 Å². The van der Waals surface area contributed by atoms with Crippen LogP contribution in [0.5, 0.6) is 0 Å². The Morgan fingerprint density at radius 1 is 1.09 bits per heavy atom. The van der Waals surface area contributed by atoms with Gasteiger partial charge >= 0.3 is 6.18 Å². The number of anilines is 2. The first-order valence-electron chi connectivity index (χ1n) is 9.90. The molecule has 1 aromatic heterocycles. The first-order valence-corrected chi connectivity index (χ1v) is 12.8. The van der Waals surface area contributed by atoms with Crippen molar-refractivity contribution < 1.29 is 30.0 Å².